The normalized spacial score (nSPS) is 16.6. The highest BCUT2D eigenvalue weighted by Gasteiger charge is 2.33. The Balaban J connectivity index is 2.40. The SMILES string of the molecule is C=C1CC1c1cc(CC=C=CCC)c(Cl)c(OC)c1Cl. The quantitative estimate of drug-likeness (QED) is 0.500. The lowest BCUT2D eigenvalue weighted by molar-refractivity contribution is 0.414. The van der Waals surface area contributed by atoms with Crippen molar-refractivity contribution in [2.75, 3.05) is 7.11 Å². The Morgan fingerprint density at radius 1 is 1.40 bits per heavy atom. The van der Waals surface area contributed by atoms with Gasteiger partial charge >= 0.3 is 0 Å². The van der Waals surface area contributed by atoms with Crippen LogP contribution in [0.15, 0.2) is 36.1 Å². The first kappa shape index (κ1) is 15.3. The fraction of sp³-hybridized carbons (Fsp3) is 0.353. The van der Waals surface area contributed by atoms with Gasteiger partial charge in [0.05, 0.1) is 17.2 Å². The first-order chi connectivity index (χ1) is 9.60. The van der Waals surface area contributed by atoms with Gasteiger partial charge in [0.25, 0.3) is 0 Å². The van der Waals surface area contributed by atoms with E-state index in [9.17, 15) is 0 Å². The van der Waals surface area contributed by atoms with Crippen LogP contribution in [0.4, 0.5) is 0 Å². The molecule has 0 saturated heterocycles. The maximum atomic E-state index is 6.39. The number of ether oxygens (including phenoxy) is 1. The molecule has 3 heteroatoms. The Bertz CT molecular complexity index is 595. The van der Waals surface area contributed by atoms with Gasteiger partial charge in [0.15, 0.2) is 5.75 Å². The first-order valence-corrected chi connectivity index (χ1v) is 7.47. The third-order valence-electron chi connectivity index (χ3n) is 3.40. The van der Waals surface area contributed by atoms with Crippen molar-refractivity contribution in [2.45, 2.75) is 32.1 Å². The van der Waals surface area contributed by atoms with Gasteiger partial charge in [-0.05, 0) is 42.5 Å². The van der Waals surface area contributed by atoms with Crippen molar-refractivity contribution in [3.63, 3.8) is 0 Å². The molecule has 1 aromatic rings. The summed E-state index contributed by atoms with van der Waals surface area (Å²) < 4.78 is 5.36. The molecule has 0 aromatic heterocycles. The number of allylic oxidation sites excluding steroid dienone is 2. The molecule has 1 aromatic carbocycles. The maximum absolute atomic E-state index is 6.39. The Kier molecular flexibility index (Phi) is 4.99. The summed E-state index contributed by atoms with van der Waals surface area (Å²) in [5.74, 6) is 0.913. The summed E-state index contributed by atoms with van der Waals surface area (Å²) in [6, 6.07) is 2.07. The summed E-state index contributed by atoms with van der Waals surface area (Å²) in [4.78, 5) is 0. The molecule has 1 saturated carbocycles. The van der Waals surface area contributed by atoms with Gasteiger partial charge in [-0.15, -0.1) is 5.73 Å². The molecule has 0 bridgehead atoms. The number of methoxy groups -OCH3 is 1. The monoisotopic (exact) mass is 308 g/mol. The molecule has 0 amide bonds. The molecule has 106 valence electrons. The number of benzene rings is 1. The fourth-order valence-electron chi connectivity index (χ4n) is 2.17. The highest BCUT2D eigenvalue weighted by Crippen LogP contribution is 2.51. The smallest absolute Gasteiger partial charge is 0.156 e. The Hall–Kier alpha value is -1.14. The summed E-state index contributed by atoms with van der Waals surface area (Å²) in [5, 5.41) is 1.19. The van der Waals surface area contributed by atoms with E-state index in [1.165, 1.54) is 5.57 Å². The minimum absolute atomic E-state index is 0.350. The summed E-state index contributed by atoms with van der Waals surface area (Å²) in [7, 11) is 1.59. The molecule has 1 aliphatic rings. The second-order valence-electron chi connectivity index (χ2n) is 4.89. The molecular formula is C17H18Cl2O. The van der Waals surface area contributed by atoms with Crippen LogP contribution in [0.5, 0.6) is 5.75 Å². The minimum atomic E-state index is 0.350. The van der Waals surface area contributed by atoms with Crippen molar-refractivity contribution >= 4 is 23.2 Å². The van der Waals surface area contributed by atoms with E-state index >= 15 is 0 Å². The number of rotatable bonds is 5. The lowest BCUT2D eigenvalue weighted by Gasteiger charge is -2.13. The average molecular weight is 309 g/mol. The molecule has 0 radical (unpaired) electrons. The van der Waals surface area contributed by atoms with Crippen LogP contribution in [-0.2, 0) is 6.42 Å². The van der Waals surface area contributed by atoms with Gasteiger partial charge in [-0.3, -0.25) is 0 Å². The molecule has 2 rings (SSSR count). The highest BCUT2D eigenvalue weighted by atomic mass is 35.5. The molecule has 1 atom stereocenters. The van der Waals surface area contributed by atoms with Gasteiger partial charge in [0, 0.05) is 5.92 Å². The second kappa shape index (κ2) is 6.54. The van der Waals surface area contributed by atoms with Crippen molar-refractivity contribution in [1.82, 2.24) is 0 Å². The van der Waals surface area contributed by atoms with Crippen LogP contribution >= 0.6 is 23.2 Å². The lowest BCUT2D eigenvalue weighted by atomic mass is 10.0. The van der Waals surface area contributed by atoms with E-state index in [0.29, 0.717) is 21.7 Å². The van der Waals surface area contributed by atoms with Gasteiger partial charge < -0.3 is 4.74 Å². The van der Waals surface area contributed by atoms with Gasteiger partial charge in [0.1, 0.15) is 0 Å². The standard InChI is InChI=1S/C17H18Cl2O/c1-4-5-6-7-8-12-10-14(13-9-11(13)2)16(19)17(20-3)15(12)18/h5,7,10,13H,2,4,8-9H2,1,3H3. The van der Waals surface area contributed by atoms with E-state index in [1.807, 2.05) is 12.2 Å². The van der Waals surface area contributed by atoms with Crippen molar-refractivity contribution in [2.24, 2.45) is 0 Å². The molecule has 1 unspecified atom stereocenters. The predicted molar refractivity (Wildman–Crippen MR) is 86.2 cm³/mol. The highest BCUT2D eigenvalue weighted by molar-refractivity contribution is 6.38. The van der Waals surface area contributed by atoms with Crippen molar-refractivity contribution in [3.05, 3.63) is 57.3 Å². The summed E-state index contributed by atoms with van der Waals surface area (Å²) in [5.41, 5.74) is 6.43. The fourth-order valence-corrected chi connectivity index (χ4v) is 2.88. The zero-order valence-electron chi connectivity index (χ0n) is 11.8. The van der Waals surface area contributed by atoms with Gasteiger partial charge in [-0.25, -0.2) is 0 Å². The zero-order valence-corrected chi connectivity index (χ0v) is 13.3. The van der Waals surface area contributed by atoms with E-state index < -0.39 is 0 Å². The average Bonchev–Trinajstić information content (AvgIpc) is 3.14. The summed E-state index contributed by atoms with van der Waals surface area (Å²) in [6.45, 7) is 6.08. The number of hydrogen-bond donors (Lipinski definition) is 0. The summed E-state index contributed by atoms with van der Waals surface area (Å²) >= 11 is 12.8. The van der Waals surface area contributed by atoms with Crippen molar-refractivity contribution in [3.8, 4) is 5.75 Å². The number of hydrogen-bond acceptors (Lipinski definition) is 1. The third-order valence-corrected chi connectivity index (χ3v) is 4.21. The van der Waals surface area contributed by atoms with Crippen LogP contribution in [0.1, 0.15) is 36.8 Å². The van der Waals surface area contributed by atoms with E-state index in [4.69, 9.17) is 27.9 Å². The maximum Gasteiger partial charge on any atom is 0.156 e. The second-order valence-corrected chi connectivity index (χ2v) is 5.64. The topological polar surface area (TPSA) is 9.23 Å². The van der Waals surface area contributed by atoms with Gasteiger partial charge in [-0.1, -0.05) is 48.3 Å². The van der Waals surface area contributed by atoms with Crippen molar-refractivity contribution in [1.29, 1.82) is 0 Å². The molecule has 20 heavy (non-hydrogen) atoms. The Morgan fingerprint density at radius 3 is 2.65 bits per heavy atom. The van der Waals surface area contributed by atoms with Crippen LogP contribution < -0.4 is 4.74 Å². The van der Waals surface area contributed by atoms with E-state index in [2.05, 4.69) is 25.3 Å². The Morgan fingerprint density at radius 2 is 2.10 bits per heavy atom. The lowest BCUT2D eigenvalue weighted by Crippen LogP contribution is -1.95. The Labute approximate surface area is 130 Å². The zero-order chi connectivity index (χ0) is 14.7. The van der Waals surface area contributed by atoms with E-state index in [0.717, 1.165) is 30.4 Å². The third kappa shape index (κ3) is 3.12. The van der Waals surface area contributed by atoms with Gasteiger partial charge in [0.2, 0.25) is 0 Å². The van der Waals surface area contributed by atoms with E-state index in [-0.39, 0.29) is 0 Å². The molecule has 0 N–H and O–H groups in total. The number of halogens is 2. The van der Waals surface area contributed by atoms with Crippen LogP contribution in [0.3, 0.4) is 0 Å². The van der Waals surface area contributed by atoms with E-state index in [1.54, 1.807) is 7.11 Å². The molecule has 0 aliphatic heterocycles. The molecular weight excluding hydrogens is 291 g/mol. The van der Waals surface area contributed by atoms with Crippen LogP contribution in [0.2, 0.25) is 10.0 Å². The molecule has 1 fully saturated rings. The van der Waals surface area contributed by atoms with Crippen molar-refractivity contribution < 1.29 is 4.74 Å². The predicted octanol–water partition coefficient (Wildman–Crippen LogP) is 5.71. The summed E-state index contributed by atoms with van der Waals surface area (Å²) in [6.07, 6.45) is 6.65. The van der Waals surface area contributed by atoms with Crippen LogP contribution in [0.25, 0.3) is 0 Å². The minimum Gasteiger partial charge on any atom is -0.494 e. The molecule has 0 heterocycles. The molecule has 1 nitrogen and oxygen atoms in total. The van der Waals surface area contributed by atoms with Crippen LogP contribution in [0, 0.1) is 0 Å². The molecule has 0 spiro atoms. The largest absolute Gasteiger partial charge is 0.494 e. The van der Waals surface area contributed by atoms with Gasteiger partial charge in [-0.2, -0.15) is 0 Å². The molecule has 1 aliphatic carbocycles. The van der Waals surface area contributed by atoms with Crippen LogP contribution in [-0.4, -0.2) is 7.11 Å². The first-order valence-electron chi connectivity index (χ1n) is 6.71.